The summed E-state index contributed by atoms with van der Waals surface area (Å²) in [7, 11) is 5.37. The first-order valence-corrected chi connectivity index (χ1v) is 49.3. The van der Waals surface area contributed by atoms with Gasteiger partial charge >= 0.3 is 34.1 Å². The SMILES string of the molecule is O=C(Oc1cc2oc(=O)c(C3=CCc4ccccc43)c-2ccc1SS)c1ccc(O)cc1.O=C(Sc1cc2oc(=O)c(-c3ccc(O)cc3)c-2ccc1SS)c1ccc(O)cc1.O=c1oc2cc(SSc3cccc4c(-c5ccc(-c6c[nH]c7ccccc67)cc5)c(=O)oc-4c3)cccc-2c1-c1ccccc1.O=c1oc2cc(Sc3ccc(O)cc3)cccc-2c1C1=CCc2ccccc21. The molecule has 18 nitrogen and oxygen atoms in total. The Morgan fingerprint density at radius 3 is 1.25 bits per heavy atom. The van der Waals surface area contributed by atoms with Crippen LogP contribution in [-0.4, -0.2) is 36.5 Å². The lowest BCUT2D eigenvalue weighted by atomic mass is 9.97. The summed E-state index contributed by atoms with van der Waals surface area (Å²) in [6, 6.07) is 101. The van der Waals surface area contributed by atoms with Crippen molar-refractivity contribution < 1.29 is 56.8 Å². The zero-order valence-corrected chi connectivity index (χ0v) is 77.0. The van der Waals surface area contributed by atoms with Gasteiger partial charge in [0, 0.05) is 91.5 Å². The molecule has 9 aromatic carbocycles. The smallest absolute Gasteiger partial charge is 0.344 e. The number of esters is 1. The molecule has 7 aliphatic carbocycles. The first kappa shape index (κ1) is 89.5. The maximum atomic E-state index is 13.1. The number of fused-ring (bicyclic) bond motifs is 8. The molecule has 26 heteroatoms. The summed E-state index contributed by atoms with van der Waals surface area (Å²) in [5, 5.41) is 38.7. The van der Waals surface area contributed by atoms with Gasteiger partial charge in [-0.25, -0.2) is 28.8 Å². The molecule has 0 fully saturated rings. The number of phenols is 4. The molecule has 0 saturated heterocycles. The van der Waals surface area contributed by atoms with Crippen LogP contribution < -0.4 is 32.9 Å². The van der Waals surface area contributed by atoms with E-state index in [9.17, 15) is 54.0 Å². The molecule has 0 radical (unpaired) electrons. The van der Waals surface area contributed by atoms with E-state index in [-0.39, 0.29) is 56.3 Å². The van der Waals surface area contributed by atoms with Crippen molar-refractivity contribution in [3.63, 3.8) is 0 Å². The topological polar surface area (TPSA) is 291 Å². The highest BCUT2D eigenvalue weighted by molar-refractivity contribution is 8.76. The van der Waals surface area contributed by atoms with Crippen LogP contribution in [0.5, 0.6) is 28.7 Å². The predicted octanol–water partition coefficient (Wildman–Crippen LogP) is 27.0. The minimum absolute atomic E-state index is 0.0508. The number of aromatic nitrogens is 1. The number of benzene rings is 9. The van der Waals surface area contributed by atoms with E-state index in [1.165, 1.54) is 86.5 Å². The second-order valence-electron chi connectivity index (χ2n) is 30.9. The number of thioether (sulfide) groups is 1. The van der Waals surface area contributed by atoms with Crippen molar-refractivity contribution in [2.45, 2.75) is 47.1 Å². The van der Waals surface area contributed by atoms with Gasteiger partial charge in [0.2, 0.25) is 5.12 Å². The van der Waals surface area contributed by atoms with Crippen molar-refractivity contribution in [1.29, 1.82) is 0 Å². The van der Waals surface area contributed by atoms with Crippen LogP contribution >= 0.6 is 90.0 Å². The Bertz CT molecular complexity index is 8130. The molecule has 1 aromatic heterocycles. The molecule has 0 amide bonds. The van der Waals surface area contributed by atoms with Crippen molar-refractivity contribution in [2.24, 2.45) is 0 Å². The maximum absolute atomic E-state index is 13.1. The minimum atomic E-state index is -0.602. The second-order valence-corrected chi connectivity index (χ2v) is 37.6. The van der Waals surface area contributed by atoms with E-state index >= 15 is 0 Å². The Morgan fingerprint density at radius 1 is 0.326 bits per heavy atom. The van der Waals surface area contributed by atoms with E-state index in [1.807, 2.05) is 200 Å². The van der Waals surface area contributed by atoms with Crippen LogP contribution in [0, 0.1) is 0 Å². The molecular formula is C109H69NO17S8. The van der Waals surface area contributed by atoms with E-state index in [1.54, 1.807) is 84.6 Å². The molecule has 5 N–H and O–H groups in total. The van der Waals surface area contributed by atoms with E-state index in [0.717, 1.165) is 138 Å². The number of hydrogen-bond acceptors (Lipinski definition) is 25. The van der Waals surface area contributed by atoms with Crippen molar-refractivity contribution >= 4 is 123 Å². The summed E-state index contributed by atoms with van der Waals surface area (Å²) < 4.78 is 33.7. The van der Waals surface area contributed by atoms with Gasteiger partial charge in [0.1, 0.15) is 57.5 Å². The third kappa shape index (κ3) is 19.2. The van der Waals surface area contributed by atoms with Crippen LogP contribution in [0.25, 0.3) is 123 Å². The largest absolute Gasteiger partial charge is 0.508 e. The molecule has 0 unspecified atom stereocenters. The molecule has 22 rings (SSSR count). The van der Waals surface area contributed by atoms with Gasteiger partial charge in [-0.15, -0.1) is 23.3 Å². The molecule has 0 saturated carbocycles. The Labute approximate surface area is 803 Å². The number of phenolic OH excluding ortho intramolecular Hbond substituents is 4. The third-order valence-electron chi connectivity index (χ3n) is 22.5. The first-order valence-electron chi connectivity index (χ1n) is 41.8. The van der Waals surface area contributed by atoms with Gasteiger partial charge in [-0.2, -0.15) is 0 Å². The highest BCUT2D eigenvalue weighted by atomic mass is 33.1. The van der Waals surface area contributed by atoms with E-state index in [0.29, 0.717) is 88.7 Å². The Balaban J connectivity index is 0.000000118. The number of carbonyl (C=O) groups excluding carboxylic acids is 2. The van der Waals surface area contributed by atoms with Gasteiger partial charge in [-0.1, -0.05) is 237 Å². The summed E-state index contributed by atoms with van der Waals surface area (Å²) in [6.07, 6.45) is 7.74. The molecular weight excluding hydrogens is 1850 g/mol. The highest BCUT2D eigenvalue weighted by Crippen LogP contribution is 2.48. The number of furan rings is 5. The molecule has 5 aliphatic heterocycles. The number of thiol groups is 2. The van der Waals surface area contributed by atoms with Crippen LogP contribution in [0.1, 0.15) is 54.1 Å². The zero-order chi connectivity index (χ0) is 92.9. The molecule has 0 spiro atoms. The minimum Gasteiger partial charge on any atom is -0.508 e. The fourth-order valence-electron chi connectivity index (χ4n) is 16.1. The van der Waals surface area contributed by atoms with E-state index in [4.69, 9.17) is 26.8 Å². The van der Waals surface area contributed by atoms with Gasteiger partial charge in [0.05, 0.1) is 38.3 Å². The number of aromatic amines is 1. The first-order chi connectivity index (χ1) is 65.8. The lowest BCUT2D eigenvalue weighted by Gasteiger charge is -2.06. The summed E-state index contributed by atoms with van der Waals surface area (Å²) in [6.45, 7) is 0. The van der Waals surface area contributed by atoms with Crippen LogP contribution in [0.3, 0.4) is 0 Å². The standard InChI is InChI=1S/C38H23NO4S2.C25H16O5S2.C24H16O3S.C22H14O5S3/c40-37-35(24-8-2-1-3-9-24)29-13-6-10-26(20-33(29)42-37)44-45-27-11-7-14-30-34(21-27)43-38(41)36(30)25-18-16-23(17-19-25)31-22-39-32-15-5-4-12-28(31)32;26-16-8-5-15(6-9-16)24(27)30-21-13-20-19(11-12-22(21)32-31)23(25(28)29-20)18-10-7-14-3-1-2-4-17(14)18;25-16-9-11-17(12-10-16)28-18-5-3-7-21-22(14-18)27-24(26)23(21)20-13-8-15-4-1-2-6-19(15)20;23-14-5-1-12(2-6-14)20-16-9-10-18(30-28)19(11-17(16)27-21(20)25)29-22(26)13-3-7-15(24)8-4-13/h1-22,39H;1-6,8-13,26,31H,7H2;1-7,9-14,25H,8H2;1-11,23-24,28H. The van der Waals surface area contributed by atoms with E-state index in [2.05, 4.69) is 58.6 Å². The molecule has 660 valence electrons. The van der Waals surface area contributed by atoms with Crippen LogP contribution in [0.2, 0.25) is 0 Å². The number of para-hydroxylation sites is 1. The second kappa shape index (κ2) is 39.6. The van der Waals surface area contributed by atoms with Crippen molar-refractivity contribution in [3.05, 3.63) is 449 Å². The molecule has 6 heterocycles. The molecule has 0 atom stereocenters. The summed E-state index contributed by atoms with van der Waals surface area (Å²) >= 11 is 11.1. The van der Waals surface area contributed by atoms with Crippen molar-refractivity contribution in [2.75, 3.05) is 0 Å². The molecule has 0 bridgehead atoms. The average Bonchev–Trinajstić information content (AvgIpc) is 1.62. The number of nitrogens with one attached hydrogen (secondary N) is 1. The number of ether oxygens (including phenoxy) is 1. The molecule has 135 heavy (non-hydrogen) atoms. The summed E-state index contributed by atoms with van der Waals surface area (Å²) in [4.78, 5) is 98.2. The van der Waals surface area contributed by atoms with Gasteiger partial charge in [0.15, 0.2) is 0 Å². The number of aromatic hydroxyl groups is 4. The Morgan fingerprint density at radius 2 is 0.719 bits per heavy atom. The quantitative estimate of drug-likeness (QED) is 0.0193. The summed E-state index contributed by atoms with van der Waals surface area (Å²) in [5.74, 6) is 2.40. The Hall–Kier alpha value is -14.7. The van der Waals surface area contributed by atoms with Gasteiger partial charge < -0.3 is 52.2 Å². The predicted molar refractivity (Wildman–Crippen MR) is 543 cm³/mol. The van der Waals surface area contributed by atoms with Crippen molar-refractivity contribution in [1.82, 2.24) is 4.98 Å². The number of carbonyl (C=O) groups is 2. The monoisotopic (exact) mass is 1920 g/mol. The average molecular weight is 1920 g/mol. The van der Waals surface area contributed by atoms with Crippen LogP contribution in [0.4, 0.5) is 0 Å². The maximum Gasteiger partial charge on any atom is 0.344 e. The number of rotatable bonds is 17. The lowest BCUT2D eigenvalue weighted by Crippen LogP contribution is -2.08. The zero-order valence-electron chi connectivity index (χ0n) is 70.3. The number of allylic oxidation sites excluding steroid dienone is 2. The van der Waals surface area contributed by atoms with Gasteiger partial charge in [-0.05, 0) is 238 Å². The lowest BCUT2D eigenvalue weighted by molar-refractivity contribution is 0.0730. The van der Waals surface area contributed by atoms with Crippen LogP contribution in [0.15, 0.2) is 432 Å². The van der Waals surface area contributed by atoms with Gasteiger partial charge in [-0.3, -0.25) is 4.79 Å². The normalized spacial score (nSPS) is 11.9. The fraction of sp³-hybridized carbons (Fsp3) is 0.0183. The fourth-order valence-corrected chi connectivity index (χ4v) is 21.7. The Kier molecular flexibility index (Phi) is 26.3. The number of H-pyrrole nitrogens is 1. The van der Waals surface area contributed by atoms with Crippen molar-refractivity contribution in [3.8, 4) is 130 Å². The molecule has 10 aromatic rings. The third-order valence-corrected chi connectivity index (χ3v) is 29.3. The van der Waals surface area contributed by atoms with E-state index < -0.39 is 17.2 Å². The summed E-state index contributed by atoms with van der Waals surface area (Å²) in [5.41, 5.74) is 16.8. The number of hydrogen-bond donors (Lipinski definition) is 7. The highest BCUT2D eigenvalue weighted by Gasteiger charge is 2.31. The van der Waals surface area contributed by atoms with Gasteiger partial charge in [0.25, 0.3) is 0 Å². The van der Waals surface area contributed by atoms with Crippen LogP contribution in [-0.2, 0) is 12.8 Å². The molecule has 12 aliphatic rings.